The number of hydrogen-bond acceptors (Lipinski definition) is 3. The molecule has 1 atom stereocenters. The van der Waals surface area contributed by atoms with E-state index in [1.54, 1.807) is 7.11 Å². The van der Waals surface area contributed by atoms with E-state index in [9.17, 15) is 5.11 Å². The van der Waals surface area contributed by atoms with Crippen LogP contribution in [0.3, 0.4) is 0 Å². The minimum atomic E-state index is -0.414. The van der Waals surface area contributed by atoms with Gasteiger partial charge >= 0.3 is 0 Å². The number of ether oxygens (including phenoxy) is 1. The van der Waals surface area contributed by atoms with E-state index in [4.69, 9.17) is 4.74 Å². The molecule has 1 rings (SSSR count). The van der Waals surface area contributed by atoms with Crippen LogP contribution >= 0.6 is 0 Å². The van der Waals surface area contributed by atoms with Gasteiger partial charge in [-0.25, -0.2) is 0 Å². The van der Waals surface area contributed by atoms with Gasteiger partial charge in [-0.15, -0.1) is 0 Å². The summed E-state index contributed by atoms with van der Waals surface area (Å²) < 4.78 is 5.42. The van der Waals surface area contributed by atoms with E-state index in [1.807, 2.05) is 26.2 Å². The fourth-order valence-electron chi connectivity index (χ4n) is 3.12. The third-order valence-electron chi connectivity index (χ3n) is 4.58. The first kappa shape index (κ1) is 17.0. The van der Waals surface area contributed by atoms with Crippen LogP contribution in [-0.2, 0) is 6.42 Å². The molecule has 1 unspecified atom stereocenters. The molecule has 0 radical (unpaired) electrons. The van der Waals surface area contributed by atoms with Crippen molar-refractivity contribution >= 4 is 0 Å². The molecule has 114 valence electrons. The zero-order valence-electron chi connectivity index (χ0n) is 13.7. The highest BCUT2D eigenvalue weighted by Gasteiger charge is 2.37. The van der Waals surface area contributed by atoms with E-state index < -0.39 is 6.10 Å². The number of likely N-dealkylation sites (N-methyl/N-ethyl adjacent to an activating group) is 1. The van der Waals surface area contributed by atoms with Crippen molar-refractivity contribution < 1.29 is 9.84 Å². The van der Waals surface area contributed by atoms with Crippen molar-refractivity contribution in [1.82, 2.24) is 4.90 Å². The third kappa shape index (κ3) is 3.33. The smallest absolute Gasteiger partial charge is 0.122 e. The summed E-state index contributed by atoms with van der Waals surface area (Å²) in [5, 5.41) is 10.8. The molecule has 3 nitrogen and oxygen atoms in total. The average Bonchev–Trinajstić information content (AvgIpc) is 2.40. The van der Waals surface area contributed by atoms with Crippen LogP contribution in [0.2, 0.25) is 0 Å². The number of benzene rings is 1. The normalized spacial score (nSPS) is 13.6. The van der Waals surface area contributed by atoms with Crippen LogP contribution in [-0.4, -0.2) is 42.9 Å². The van der Waals surface area contributed by atoms with Gasteiger partial charge in [0, 0.05) is 12.0 Å². The standard InChI is InChI=1S/C17H29NO2/c1-7-17(8-2,18(4)5)16(19)12-14-11-13(3)9-10-15(14)20-6/h9-11,16,19H,7-8,12H2,1-6H3. The Morgan fingerprint density at radius 1 is 1.25 bits per heavy atom. The second kappa shape index (κ2) is 7.09. The summed E-state index contributed by atoms with van der Waals surface area (Å²) >= 11 is 0. The van der Waals surface area contributed by atoms with Crippen molar-refractivity contribution in [1.29, 1.82) is 0 Å². The minimum absolute atomic E-state index is 0.186. The van der Waals surface area contributed by atoms with Crippen molar-refractivity contribution in [2.45, 2.75) is 51.7 Å². The largest absolute Gasteiger partial charge is 0.496 e. The van der Waals surface area contributed by atoms with Crippen LogP contribution in [0.15, 0.2) is 18.2 Å². The van der Waals surface area contributed by atoms with Crippen molar-refractivity contribution in [3.8, 4) is 5.75 Å². The summed E-state index contributed by atoms with van der Waals surface area (Å²) in [4.78, 5) is 2.15. The van der Waals surface area contributed by atoms with Gasteiger partial charge in [-0.05, 0) is 45.5 Å². The maximum Gasteiger partial charge on any atom is 0.122 e. The molecule has 0 fully saturated rings. The molecule has 0 aromatic heterocycles. The molecule has 0 aliphatic heterocycles. The maximum atomic E-state index is 10.8. The molecule has 0 spiro atoms. The van der Waals surface area contributed by atoms with Gasteiger partial charge < -0.3 is 14.7 Å². The lowest BCUT2D eigenvalue weighted by molar-refractivity contribution is -0.0128. The molecular weight excluding hydrogens is 250 g/mol. The van der Waals surface area contributed by atoms with Crippen LogP contribution in [0.4, 0.5) is 0 Å². The summed E-state index contributed by atoms with van der Waals surface area (Å²) in [6.45, 7) is 6.34. The van der Waals surface area contributed by atoms with E-state index in [0.717, 1.165) is 24.2 Å². The van der Waals surface area contributed by atoms with Gasteiger partial charge in [0.05, 0.1) is 13.2 Å². The number of aryl methyl sites for hydroxylation is 1. The number of aliphatic hydroxyl groups excluding tert-OH is 1. The number of nitrogens with zero attached hydrogens (tertiary/aromatic N) is 1. The number of aliphatic hydroxyl groups is 1. The highest BCUT2D eigenvalue weighted by molar-refractivity contribution is 5.37. The van der Waals surface area contributed by atoms with Crippen molar-refractivity contribution in [2.75, 3.05) is 21.2 Å². The summed E-state index contributed by atoms with van der Waals surface area (Å²) in [5.74, 6) is 0.856. The zero-order valence-corrected chi connectivity index (χ0v) is 13.7. The van der Waals surface area contributed by atoms with Crippen molar-refractivity contribution in [3.05, 3.63) is 29.3 Å². The molecule has 1 aromatic rings. The van der Waals surface area contributed by atoms with Crippen molar-refractivity contribution in [2.24, 2.45) is 0 Å². The second-order valence-corrected chi connectivity index (χ2v) is 5.74. The molecule has 1 N–H and O–H groups in total. The molecule has 0 saturated heterocycles. The molecule has 0 heterocycles. The Hall–Kier alpha value is -1.06. The van der Waals surface area contributed by atoms with Gasteiger partial charge in [0.25, 0.3) is 0 Å². The van der Waals surface area contributed by atoms with Gasteiger partial charge in [0.15, 0.2) is 0 Å². The highest BCUT2D eigenvalue weighted by atomic mass is 16.5. The van der Waals surface area contributed by atoms with Crippen LogP contribution in [0, 0.1) is 6.92 Å². The maximum absolute atomic E-state index is 10.8. The molecule has 3 heteroatoms. The Bertz CT molecular complexity index is 425. The van der Waals surface area contributed by atoms with Gasteiger partial charge in [-0.2, -0.15) is 0 Å². The van der Waals surface area contributed by atoms with E-state index in [1.165, 1.54) is 5.56 Å². The van der Waals surface area contributed by atoms with E-state index in [2.05, 4.69) is 31.7 Å². The quantitative estimate of drug-likeness (QED) is 0.833. The van der Waals surface area contributed by atoms with Gasteiger partial charge in [-0.3, -0.25) is 0 Å². The van der Waals surface area contributed by atoms with Gasteiger partial charge in [-0.1, -0.05) is 31.5 Å². The Balaban J connectivity index is 3.05. The summed E-state index contributed by atoms with van der Waals surface area (Å²) in [5.41, 5.74) is 2.08. The van der Waals surface area contributed by atoms with Crippen LogP contribution in [0.25, 0.3) is 0 Å². The Labute approximate surface area is 123 Å². The monoisotopic (exact) mass is 279 g/mol. The number of rotatable bonds is 7. The fourth-order valence-corrected chi connectivity index (χ4v) is 3.12. The van der Waals surface area contributed by atoms with Crippen LogP contribution in [0.5, 0.6) is 5.75 Å². The molecule has 0 aliphatic carbocycles. The van der Waals surface area contributed by atoms with Crippen LogP contribution in [0.1, 0.15) is 37.8 Å². The fraction of sp³-hybridized carbons (Fsp3) is 0.647. The molecule has 20 heavy (non-hydrogen) atoms. The Kier molecular flexibility index (Phi) is 6.03. The van der Waals surface area contributed by atoms with Crippen LogP contribution < -0.4 is 4.74 Å². The molecule has 0 bridgehead atoms. The summed E-state index contributed by atoms with van der Waals surface area (Å²) in [7, 11) is 5.77. The number of hydrogen-bond donors (Lipinski definition) is 1. The predicted molar refractivity (Wildman–Crippen MR) is 84.4 cm³/mol. The van der Waals surface area contributed by atoms with Crippen molar-refractivity contribution in [3.63, 3.8) is 0 Å². The average molecular weight is 279 g/mol. The molecular formula is C17H29NO2. The van der Waals surface area contributed by atoms with E-state index in [-0.39, 0.29) is 5.54 Å². The van der Waals surface area contributed by atoms with Gasteiger partial charge in [0.1, 0.15) is 5.75 Å². The molecule has 1 aromatic carbocycles. The lowest BCUT2D eigenvalue weighted by Gasteiger charge is -2.42. The lowest BCUT2D eigenvalue weighted by atomic mass is 9.82. The summed E-state index contributed by atoms with van der Waals surface area (Å²) in [6, 6.07) is 6.12. The molecule has 0 saturated carbocycles. The SMILES string of the molecule is CCC(CC)(C(O)Cc1cc(C)ccc1OC)N(C)C. The first-order valence-corrected chi connectivity index (χ1v) is 7.40. The third-order valence-corrected chi connectivity index (χ3v) is 4.58. The minimum Gasteiger partial charge on any atom is -0.496 e. The number of methoxy groups -OCH3 is 1. The zero-order chi connectivity index (χ0) is 15.3. The second-order valence-electron chi connectivity index (χ2n) is 5.74. The van der Waals surface area contributed by atoms with E-state index >= 15 is 0 Å². The lowest BCUT2D eigenvalue weighted by Crippen LogP contribution is -2.53. The molecule has 0 aliphatic rings. The van der Waals surface area contributed by atoms with E-state index in [0.29, 0.717) is 6.42 Å². The highest BCUT2D eigenvalue weighted by Crippen LogP contribution is 2.30. The molecule has 0 amide bonds. The first-order valence-electron chi connectivity index (χ1n) is 7.40. The summed E-state index contributed by atoms with van der Waals surface area (Å²) in [6.07, 6.45) is 2.05. The topological polar surface area (TPSA) is 32.7 Å². The first-order chi connectivity index (χ1) is 9.41. The Morgan fingerprint density at radius 3 is 2.30 bits per heavy atom. The predicted octanol–water partition coefficient (Wildman–Crippen LogP) is 3.03. The van der Waals surface area contributed by atoms with Gasteiger partial charge in [0.2, 0.25) is 0 Å². The Morgan fingerprint density at radius 2 is 1.85 bits per heavy atom.